The molecule has 1 aromatic heterocycles. The third-order valence-electron chi connectivity index (χ3n) is 4.36. The fourth-order valence-electron chi connectivity index (χ4n) is 3.05. The van der Waals surface area contributed by atoms with Crippen molar-refractivity contribution in [3.63, 3.8) is 0 Å². The van der Waals surface area contributed by atoms with Crippen molar-refractivity contribution in [3.8, 4) is 0 Å². The first-order valence-electron chi connectivity index (χ1n) is 8.56. The summed E-state index contributed by atoms with van der Waals surface area (Å²) in [5.41, 5.74) is 0.574. The van der Waals surface area contributed by atoms with Crippen molar-refractivity contribution in [2.24, 2.45) is 5.92 Å². The molecule has 1 N–H and O–H groups in total. The van der Waals surface area contributed by atoms with Crippen LogP contribution in [0.4, 0.5) is 0 Å². The van der Waals surface area contributed by atoms with Gasteiger partial charge in [-0.05, 0) is 51.5 Å². The Hall–Kier alpha value is -1.78. The zero-order valence-corrected chi connectivity index (χ0v) is 14.6. The molecule has 2 heterocycles. The smallest absolute Gasteiger partial charge is 0.258 e. The summed E-state index contributed by atoms with van der Waals surface area (Å²) in [6.45, 7) is 9.18. The molecule has 1 aromatic rings. The van der Waals surface area contributed by atoms with Gasteiger partial charge in [0.05, 0.1) is 5.56 Å². The number of aryl methyl sites for hydroxylation is 2. The van der Waals surface area contributed by atoms with E-state index in [9.17, 15) is 9.59 Å². The number of piperidine rings is 1. The molecule has 0 aromatic carbocycles. The van der Waals surface area contributed by atoms with Crippen molar-refractivity contribution in [3.05, 3.63) is 23.2 Å². The number of carbonyl (C=O) groups is 2. The van der Waals surface area contributed by atoms with Crippen LogP contribution in [-0.4, -0.2) is 35.8 Å². The summed E-state index contributed by atoms with van der Waals surface area (Å²) in [6.07, 6.45) is 3.61. The average Bonchev–Trinajstić information content (AvgIpc) is 2.84. The SMILES string of the molecule is Cc1cc(C(=O)N2CCCC[C@@H]2C(=O)NCCC(C)C)c(C)o1. The minimum Gasteiger partial charge on any atom is -0.466 e. The van der Waals surface area contributed by atoms with E-state index in [2.05, 4.69) is 19.2 Å². The van der Waals surface area contributed by atoms with Gasteiger partial charge in [0.15, 0.2) is 0 Å². The van der Waals surface area contributed by atoms with E-state index in [1.807, 2.05) is 6.92 Å². The first-order valence-corrected chi connectivity index (χ1v) is 8.56. The highest BCUT2D eigenvalue weighted by atomic mass is 16.3. The molecular weight excluding hydrogens is 292 g/mol. The van der Waals surface area contributed by atoms with Gasteiger partial charge in [-0.1, -0.05) is 13.8 Å². The summed E-state index contributed by atoms with van der Waals surface area (Å²) < 4.78 is 5.47. The molecule has 1 aliphatic rings. The van der Waals surface area contributed by atoms with E-state index in [-0.39, 0.29) is 17.9 Å². The summed E-state index contributed by atoms with van der Waals surface area (Å²) in [7, 11) is 0. The zero-order valence-electron chi connectivity index (χ0n) is 14.6. The minimum atomic E-state index is -0.363. The van der Waals surface area contributed by atoms with Crippen LogP contribution >= 0.6 is 0 Å². The highest BCUT2D eigenvalue weighted by Crippen LogP contribution is 2.23. The maximum Gasteiger partial charge on any atom is 0.258 e. The Balaban J connectivity index is 2.07. The lowest BCUT2D eigenvalue weighted by Crippen LogP contribution is -2.52. The molecule has 0 radical (unpaired) electrons. The molecule has 1 fully saturated rings. The Labute approximate surface area is 138 Å². The summed E-state index contributed by atoms with van der Waals surface area (Å²) >= 11 is 0. The lowest BCUT2D eigenvalue weighted by Gasteiger charge is -2.34. The zero-order chi connectivity index (χ0) is 17.0. The number of likely N-dealkylation sites (tertiary alicyclic amines) is 1. The molecule has 1 aliphatic heterocycles. The first kappa shape index (κ1) is 17.6. The average molecular weight is 320 g/mol. The van der Waals surface area contributed by atoms with E-state index >= 15 is 0 Å². The monoisotopic (exact) mass is 320 g/mol. The molecule has 128 valence electrons. The molecule has 2 amide bonds. The van der Waals surface area contributed by atoms with E-state index in [0.717, 1.165) is 31.4 Å². The van der Waals surface area contributed by atoms with Gasteiger partial charge in [-0.25, -0.2) is 0 Å². The lowest BCUT2D eigenvalue weighted by atomic mass is 10.00. The largest absolute Gasteiger partial charge is 0.466 e. The van der Waals surface area contributed by atoms with Crippen LogP contribution in [0.25, 0.3) is 0 Å². The molecule has 1 saturated heterocycles. The molecule has 5 nitrogen and oxygen atoms in total. The predicted octanol–water partition coefficient (Wildman–Crippen LogP) is 3.05. The van der Waals surface area contributed by atoms with Crippen molar-refractivity contribution in [2.75, 3.05) is 13.1 Å². The summed E-state index contributed by atoms with van der Waals surface area (Å²) in [4.78, 5) is 27.0. The molecule has 1 atom stereocenters. The van der Waals surface area contributed by atoms with Gasteiger partial charge in [0.1, 0.15) is 17.6 Å². The normalized spacial score (nSPS) is 18.3. The number of furan rings is 1. The van der Waals surface area contributed by atoms with Gasteiger partial charge in [0.25, 0.3) is 5.91 Å². The van der Waals surface area contributed by atoms with Crippen LogP contribution in [0, 0.1) is 19.8 Å². The molecule has 23 heavy (non-hydrogen) atoms. The van der Waals surface area contributed by atoms with Crippen LogP contribution in [0.3, 0.4) is 0 Å². The highest BCUT2D eigenvalue weighted by molar-refractivity contribution is 5.98. The second-order valence-corrected chi connectivity index (χ2v) is 6.81. The van der Waals surface area contributed by atoms with Crippen molar-refractivity contribution < 1.29 is 14.0 Å². The second-order valence-electron chi connectivity index (χ2n) is 6.81. The number of rotatable bonds is 5. The number of hydrogen-bond donors (Lipinski definition) is 1. The van der Waals surface area contributed by atoms with Gasteiger partial charge in [-0.15, -0.1) is 0 Å². The van der Waals surface area contributed by atoms with Crippen LogP contribution in [0.2, 0.25) is 0 Å². The van der Waals surface area contributed by atoms with E-state index < -0.39 is 0 Å². The van der Waals surface area contributed by atoms with Gasteiger partial charge in [-0.2, -0.15) is 0 Å². The summed E-state index contributed by atoms with van der Waals surface area (Å²) in [5, 5.41) is 2.98. The highest BCUT2D eigenvalue weighted by Gasteiger charge is 2.33. The first-order chi connectivity index (χ1) is 10.9. The van der Waals surface area contributed by atoms with E-state index in [1.165, 1.54) is 0 Å². The van der Waals surface area contributed by atoms with E-state index in [4.69, 9.17) is 4.42 Å². The fourth-order valence-corrected chi connectivity index (χ4v) is 3.05. The van der Waals surface area contributed by atoms with Gasteiger partial charge in [0.2, 0.25) is 5.91 Å². The van der Waals surface area contributed by atoms with Gasteiger partial charge >= 0.3 is 0 Å². The number of nitrogens with one attached hydrogen (secondary N) is 1. The van der Waals surface area contributed by atoms with Crippen molar-refractivity contribution in [2.45, 2.75) is 59.4 Å². The van der Waals surface area contributed by atoms with Crippen molar-refractivity contribution in [1.82, 2.24) is 10.2 Å². The van der Waals surface area contributed by atoms with Crippen LogP contribution in [0.1, 0.15) is 61.4 Å². The van der Waals surface area contributed by atoms with Gasteiger partial charge in [-0.3, -0.25) is 9.59 Å². The third-order valence-corrected chi connectivity index (χ3v) is 4.36. The Kier molecular flexibility index (Phi) is 5.85. The Bertz CT molecular complexity index is 563. The maximum atomic E-state index is 12.8. The van der Waals surface area contributed by atoms with Crippen molar-refractivity contribution in [1.29, 1.82) is 0 Å². The van der Waals surface area contributed by atoms with Crippen LogP contribution in [0.5, 0.6) is 0 Å². The predicted molar refractivity (Wildman–Crippen MR) is 89.3 cm³/mol. The molecule has 0 spiro atoms. The Morgan fingerprint density at radius 2 is 2.09 bits per heavy atom. The molecule has 0 bridgehead atoms. The van der Waals surface area contributed by atoms with Crippen molar-refractivity contribution >= 4 is 11.8 Å². The van der Waals surface area contributed by atoms with E-state index in [0.29, 0.717) is 30.3 Å². The second kappa shape index (κ2) is 7.66. The number of carbonyl (C=O) groups excluding carboxylic acids is 2. The Morgan fingerprint density at radius 1 is 1.35 bits per heavy atom. The Morgan fingerprint density at radius 3 is 2.70 bits per heavy atom. The molecule has 0 aliphatic carbocycles. The summed E-state index contributed by atoms with van der Waals surface area (Å²) in [6, 6.07) is 1.40. The molecule has 5 heteroatoms. The fraction of sp³-hybridized carbons (Fsp3) is 0.667. The van der Waals surface area contributed by atoms with Crippen LogP contribution in [-0.2, 0) is 4.79 Å². The standard InChI is InChI=1S/C18H28N2O3/c1-12(2)8-9-19-17(21)16-7-5-6-10-20(16)18(22)15-11-13(3)23-14(15)4/h11-12,16H,5-10H2,1-4H3,(H,19,21)/t16-/m1/s1. The summed E-state index contributed by atoms with van der Waals surface area (Å²) in [5.74, 6) is 1.77. The molecular formula is C18H28N2O3. The van der Waals surface area contributed by atoms with Gasteiger partial charge < -0.3 is 14.6 Å². The minimum absolute atomic E-state index is 0.0310. The van der Waals surface area contributed by atoms with E-state index in [1.54, 1.807) is 17.9 Å². The topological polar surface area (TPSA) is 62.6 Å². The maximum absolute atomic E-state index is 12.8. The molecule has 0 saturated carbocycles. The quantitative estimate of drug-likeness (QED) is 0.907. The van der Waals surface area contributed by atoms with Gasteiger partial charge in [0, 0.05) is 13.1 Å². The van der Waals surface area contributed by atoms with Crippen LogP contribution in [0.15, 0.2) is 10.5 Å². The number of amides is 2. The molecule has 2 rings (SSSR count). The third kappa shape index (κ3) is 4.36. The number of hydrogen-bond acceptors (Lipinski definition) is 3. The molecule has 0 unspecified atom stereocenters. The van der Waals surface area contributed by atoms with Crippen LogP contribution < -0.4 is 5.32 Å². The number of nitrogens with zero attached hydrogens (tertiary/aromatic N) is 1. The lowest BCUT2D eigenvalue weighted by molar-refractivity contribution is -0.126.